The van der Waals surface area contributed by atoms with Gasteiger partial charge in [-0.25, -0.2) is 4.39 Å². The topological polar surface area (TPSA) is 52.3 Å². The maximum atomic E-state index is 13.2. The second-order valence-electron chi connectivity index (χ2n) is 3.03. The molecule has 0 spiro atoms. The highest BCUT2D eigenvalue weighted by molar-refractivity contribution is 7.85. The summed E-state index contributed by atoms with van der Waals surface area (Å²) in [6.07, 6.45) is -4.77. The summed E-state index contributed by atoms with van der Waals surface area (Å²) < 4.78 is 63.0. The van der Waals surface area contributed by atoms with Gasteiger partial charge >= 0.3 is 6.36 Å². The third-order valence-corrected chi connectivity index (χ3v) is 3.09. The van der Waals surface area contributed by atoms with Crippen LogP contribution in [0.4, 0.5) is 23.2 Å². The SMILES string of the molecule is Nc1ccc(S(=O)CCOC(F)(F)F)c(F)c1. The number of nitrogen functional groups attached to an aromatic ring is 1. The molecule has 0 aliphatic heterocycles. The van der Waals surface area contributed by atoms with Gasteiger partial charge in [0.15, 0.2) is 0 Å². The Morgan fingerprint density at radius 3 is 2.53 bits per heavy atom. The van der Waals surface area contributed by atoms with Crippen molar-refractivity contribution in [3.63, 3.8) is 0 Å². The summed E-state index contributed by atoms with van der Waals surface area (Å²) in [4.78, 5) is -0.190. The summed E-state index contributed by atoms with van der Waals surface area (Å²) in [5.41, 5.74) is 5.42. The molecule has 0 aliphatic rings. The van der Waals surface area contributed by atoms with Crippen LogP contribution in [0.1, 0.15) is 0 Å². The summed E-state index contributed by atoms with van der Waals surface area (Å²) in [5.74, 6) is -1.25. The fourth-order valence-corrected chi connectivity index (χ4v) is 2.00. The van der Waals surface area contributed by atoms with Crippen LogP contribution >= 0.6 is 0 Å². The maximum Gasteiger partial charge on any atom is 0.522 e. The molecule has 0 heterocycles. The highest BCUT2D eigenvalue weighted by Gasteiger charge is 2.29. The average Bonchev–Trinajstić information content (AvgIpc) is 2.15. The molecule has 1 atom stereocenters. The van der Waals surface area contributed by atoms with Crippen molar-refractivity contribution in [1.82, 2.24) is 0 Å². The quantitative estimate of drug-likeness (QED) is 0.673. The number of hydrogen-bond donors (Lipinski definition) is 1. The Morgan fingerprint density at radius 2 is 2.00 bits per heavy atom. The van der Waals surface area contributed by atoms with Gasteiger partial charge in [0, 0.05) is 5.69 Å². The Hall–Kier alpha value is -1.15. The number of ether oxygens (including phenoxy) is 1. The molecular weight excluding hydrogens is 262 g/mol. The van der Waals surface area contributed by atoms with Crippen molar-refractivity contribution < 1.29 is 26.5 Å². The zero-order valence-corrected chi connectivity index (χ0v) is 9.28. The van der Waals surface area contributed by atoms with Gasteiger partial charge in [-0.15, -0.1) is 13.2 Å². The average molecular weight is 271 g/mol. The molecule has 0 fully saturated rings. The van der Waals surface area contributed by atoms with Crippen LogP contribution in [-0.2, 0) is 15.5 Å². The molecule has 0 bridgehead atoms. The van der Waals surface area contributed by atoms with Crippen molar-refractivity contribution in [1.29, 1.82) is 0 Å². The maximum absolute atomic E-state index is 13.2. The van der Waals surface area contributed by atoms with E-state index in [4.69, 9.17) is 5.73 Å². The Balaban J connectivity index is 2.59. The van der Waals surface area contributed by atoms with Gasteiger partial charge in [-0.1, -0.05) is 0 Å². The lowest BCUT2D eigenvalue weighted by atomic mass is 10.3. The van der Waals surface area contributed by atoms with Gasteiger partial charge in [0.2, 0.25) is 0 Å². The molecule has 1 aromatic carbocycles. The van der Waals surface area contributed by atoms with E-state index >= 15 is 0 Å². The van der Waals surface area contributed by atoms with E-state index in [1.807, 2.05) is 0 Å². The lowest BCUT2D eigenvalue weighted by Crippen LogP contribution is -2.18. The fourth-order valence-electron chi connectivity index (χ4n) is 1.04. The van der Waals surface area contributed by atoms with Crippen molar-refractivity contribution >= 4 is 16.5 Å². The van der Waals surface area contributed by atoms with E-state index in [1.165, 1.54) is 12.1 Å². The number of anilines is 1. The Labute approximate surface area is 97.0 Å². The van der Waals surface area contributed by atoms with Crippen LogP contribution in [0.2, 0.25) is 0 Å². The Morgan fingerprint density at radius 1 is 1.35 bits per heavy atom. The molecule has 1 unspecified atom stereocenters. The van der Waals surface area contributed by atoms with Gasteiger partial charge in [-0.05, 0) is 18.2 Å². The van der Waals surface area contributed by atoms with E-state index in [2.05, 4.69) is 4.74 Å². The summed E-state index contributed by atoms with van der Waals surface area (Å²) in [7, 11) is -1.89. The van der Waals surface area contributed by atoms with Crippen molar-refractivity contribution in [2.24, 2.45) is 0 Å². The largest absolute Gasteiger partial charge is 0.522 e. The van der Waals surface area contributed by atoms with E-state index < -0.39 is 35.3 Å². The molecule has 8 heteroatoms. The van der Waals surface area contributed by atoms with Gasteiger partial charge in [0.05, 0.1) is 28.1 Å². The molecular formula is C9H9F4NO2S. The molecule has 17 heavy (non-hydrogen) atoms. The Kier molecular flexibility index (Phi) is 4.47. The highest BCUT2D eigenvalue weighted by atomic mass is 32.2. The Bertz CT molecular complexity index is 422. The van der Waals surface area contributed by atoms with Gasteiger partial charge in [-0.2, -0.15) is 0 Å². The smallest absolute Gasteiger partial charge is 0.399 e. The normalized spacial score (nSPS) is 13.6. The first kappa shape index (κ1) is 13.9. The first-order chi connectivity index (χ1) is 7.79. The van der Waals surface area contributed by atoms with Crippen LogP contribution in [0.5, 0.6) is 0 Å². The van der Waals surface area contributed by atoms with Gasteiger partial charge in [0.25, 0.3) is 0 Å². The van der Waals surface area contributed by atoms with E-state index in [0.717, 1.165) is 6.07 Å². The monoisotopic (exact) mass is 271 g/mol. The van der Waals surface area contributed by atoms with Gasteiger partial charge in [-0.3, -0.25) is 8.95 Å². The summed E-state index contributed by atoms with van der Waals surface area (Å²) in [6, 6.07) is 3.45. The van der Waals surface area contributed by atoms with Crippen LogP contribution in [0.25, 0.3) is 0 Å². The first-order valence-electron chi connectivity index (χ1n) is 4.43. The van der Waals surface area contributed by atoms with Crippen LogP contribution in [-0.4, -0.2) is 22.9 Å². The third kappa shape index (κ3) is 4.70. The minimum absolute atomic E-state index is 0.148. The molecule has 3 nitrogen and oxygen atoms in total. The number of hydrogen-bond acceptors (Lipinski definition) is 3. The lowest BCUT2D eigenvalue weighted by molar-refractivity contribution is -0.322. The standard InChI is InChI=1S/C9H9F4NO2S/c10-7-5-6(14)1-2-8(7)17(15)4-3-16-9(11,12)13/h1-2,5H,3-4,14H2. The number of rotatable bonds is 4. The zero-order chi connectivity index (χ0) is 13.1. The van der Waals surface area contributed by atoms with Crippen molar-refractivity contribution in [3.8, 4) is 0 Å². The van der Waals surface area contributed by atoms with E-state index in [0.29, 0.717) is 0 Å². The molecule has 0 aromatic heterocycles. The number of benzene rings is 1. The summed E-state index contributed by atoms with van der Waals surface area (Å²) >= 11 is 0. The van der Waals surface area contributed by atoms with Crippen LogP contribution in [0.15, 0.2) is 23.1 Å². The molecule has 0 radical (unpaired) electrons. The second kappa shape index (κ2) is 5.46. The molecule has 1 aromatic rings. The fraction of sp³-hybridized carbons (Fsp3) is 0.333. The molecule has 0 amide bonds. The summed E-state index contributed by atoms with van der Waals surface area (Å²) in [6.45, 7) is -0.792. The van der Waals surface area contributed by atoms with Crippen molar-refractivity contribution in [2.75, 3.05) is 18.1 Å². The molecule has 96 valence electrons. The predicted octanol–water partition coefficient (Wildman–Crippen LogP) is 2.05. The van der Waals surface area contributed by atoms with E-state index in [9.17, 15) is 21.8 Å². The highest BCUT2D eigenvalue weighted by Crippen LogP contribution is 2.18. The molecule has 0 aliphatic carbocycles. The van der Waals surface area contributed by atoms with Crippen LogP contribution < -0.4 is 5.73 Å². The van der Waals surface area contributed by atoms with Gasteiger partial charge < -0.3 is 5.73 Å². The van der Waals surface area contributed by atoms with Crippen molar-refractivity contribution in [2.45, 2.75) is 11.3 Å². The first-order valence-corrected chi connectivity index (χ1v) is 5.75. The van der Waals surface area contributed by atoms with Crippen molar-refractivity contribution in [3.05, 3.63) is 24.0 Å². The second-order valence-corrected chi connectivity index (χ2v) is 4.57. The van der Waals surface area contributed by atoms with Crippen LogP contribution in [0, 0.1) is 5.82 Å². The summed E-state index contributed by atoms with van der Waals surface area (Å²) in [5, 5.41) is 0. The number of alkyl halides is 3. The van der Waals surface area contributed by atoms with E-state index in [-0.39, 0.29) is 10.6 Å². The van der Waals surface area contributed by atoms with Crippen LogP contribution in [0.3, 0.4) is 0 Å². The predicted molar refractivity (Wildman–Crippen MR) is 54.1 cm³/mol. The number of halogens is 4. The minimum Gasteiger partial charge on any atom is -0.399 e. The third-order valence-electron chi connectivity index (χ3n) is 1.74. The minimum atomic E-state index is -4.77. The molecule has 2 N–H and O–H groups in total. The number of nitrogens with two attached hydrogens (primary N) is 1. The zero-order valence-electron chi connectivity index (χ0n) is 8.46. The van der Waals surface area contributed by atoms with E-state index in [1.54, 1.807) is 0 Å². The lowest BCUT2D eigenvalue weighted by Gasteiger charge is -2.07. The molecule has 0 saturated heterocycles. The molecule has 0 saturated carbocycles. The van der Waals surface area contributed by atoms with Gasteiger partial charge in [0.1, 0.15) is 5.82 Å². The molecule has 1 rings (SSSR count).